The van der Waals surface area contributed by atoms with Crippen molar-refractivity contribution in [3.63, 3.8) is 0 Å². The number of sulfonamides is 1. The lowest BCUT2D eigenvalue weighted by molar-refractivity contribution is -0.142. The van der Waals surface area contributed by atoms with E-state index in [0.717, 1.165) is 41.6 Å². The van der Waals surface area contributed by atoms with Gasteiger partial charge in [0.2, 0.25) is 15.9 Å². The molecule has 11 heteroatoms. The van der Waals surface area contributed by atoms with E-state index in [1.165, 1.54) is 12.1 Å². The Morgan fingerprint density at radius 1 is 1.08 bits per heavy atom. The van der Waals surface area contributed by atoms with Crippen molar-refractivity contribution in [3.05, 3.63) is 65.7 Å². The largest absolute Gasteiger partial charge is 0.480 e. The predicted molar refractivity (Wildman–Crippen MR) is 146 cm³/mol. The molecule has 2 aromatic carbocycles. The summed E-state index contributed by atoms with van der Waals surface area (Å²) in [5.74, 6) is -0.742. The predicted octanol–water partition coefficient (Wildman–Crippen LogP) is 1.94. The second-order valence-electron chi connectivity index (χ2n) is 9.83. The molecule has 0 aliphatic carbocycles. The van der Waals surface area contributed by atoms with E-state index in [4.69, 9.17) is 0 Å². The maximum Gasteiger partial charge on any atom is 0.326 e. The van der Waals surface area contributed by atoms with Crippen LogP contribution >= 0.6 is 0 Å². The third kappa shape index (κ3) is 7.51. The summed E-state index contributed by atoms with van der Waals surface area (Å²) in [4.78, 5) is 41.8. The van der Waals surface area contributed by atoms with Crippen molar-refractivity contribution in [1.29, 1.82) is 0 Å². The first-order valence-electron chi connectivity index (χ1n) is 13.2. The summed E-state index contributed by atoms with van der Waals surface area (Å²) >= 11 is 0. The second kappa shape index (κ2) is 13.0. The lowest BCUT2D eigenvalue weighted by Gasteiger charge is -2.25. The Hall–Kier alpha value is -3.57. The van der Waals surface area contributed by atoms with Gasteiger partial charge in [-0.3, -0.25) is 14.6 Å². The van der Waals surface area contributed by atoms with Gasteiger partial charge in [-0.25, -0.2) is 13.2 Å². The third-order valence-electron chi connectivity index (χ3n) is 6.95. The summed E-state index contributed by atoms with van der Waals surface area (Å²) in [6.07, 6.45) is 3.13. The first-order chi connectivity index (χ1) is 18.7. The molecule has 0 spiro atoms. The number of rotatable bonds is 13. The van der Waals surface area contributed by atoms with Crippen LogP contribution in [0.25, 0.3) is 0 Å². The molecule has 1 saturated heterocycles. The molecule has 1 fully saturated rings. The standard InChI is InChI=1S/C28H34N4O6S/c33-22(6-4-10-26-29-15-16-30-26)18-20-11-13-21(14-12-20)19-24(28(35)36)31-27(34)25-9-5-17-32(25)39(37,38)23-7-2-1-3-8-23/h1-3,7-8,11-14,24-25H,4-6,9-10,15-19H2,(H,29,30)(H,31,34)(H,35,36)/t24-,25-/m0/s1. The first-order valence-corrected chi connectivity index (χ1v) is 14.6. The minimum atomic E-state index is -3.88. The van der Waals surface area contributed by atoms with E-state index in [9.17, 15) is 27.9 Å². The van der Waals surface area contributed by atoms with Crippen LogP contribution in [0.15, 0.2) is 64.5 Å². The second-order valence-corrected chi connectivity index (χ2v) is 11.7. The van der Waals surface area contributed by atoms with Crippen molar-refractivity contribution in [2.45, 2.75) is 61.9 Å². The smallest absolute Gasteiger partial charge is 0.326 e. The van der Waals surface area contributed by atoms with Crippen LogP contribution in [0.3, 0.4) is 0 Å². The lowest BCUT2D eigenvalue weighted by Crippen LogP contribution is -2.51. The van der Waals surface area contributed by atoms with E-state index < -0.39 is 34.0 Å². The number of ketones is 1. The van der Waals surface area contributed by atoms with Crippen LogP contribution < -0.4 is 10.6 Å². The summed E-state index contributed by atoms with van der Waals surface area (Å²) in [6, 6.07) is 12.8. The Kier molecular flexibility index (Phi) is 9.47. The number of hydrogen-bond donors (Lipinski definition) is 3. The van der Waals surface area contributed by atoms with Crippen LogP contribution in [0.2, 0.25) is 0 Å². The summed E-state index contributed by atoms with van der Waals surface area (Å²) in [6.45, 7) is 1.84. The zero-order chi connectivity index (χ0) is 27.8. The molecule has 2 heterocycles. The number of aliphatic carboxylic acids is 1. The monoisotopic (exact) mass is 554 g/mol. The van der Waals surface area contributed by atoms with Crippen molar-refractivity contribution in [2.24, 2.45) is 4.99 Å². The number of amidine groups is 1. The molecule has 208 valence electrons. The van der Waals surface area contributed by atoms with Gasteiger partial charge in [0.25, 0.3) is 0 Å². The molecule has 0 saturated carbocycles. The van der Waals surface area contributed by atoms with Crippen LogP contribution in [0.5, 0.6) is 0 Å². The quantitative estimate of drug-likeness (QED) is 0.343. The van der Waals surface area contributed by atoms with Gasteiger partial charge in [0.05, 0.1) is 17.3 Å². The highest BCUT2D eigenvalue weighted by Gasteiger charge is 2.40. The summed E-state index contributed by atoms with van der Waals surface area (Å²) in [5, 5.41) is 15.5. The number of carbonyl (C=O) groups is 3. The Balaban J connectivity index is 1.32. The number of Topliss-reactive ketones (excluding diaryl/α,β-unsaturated/α-hetero) is 1. The highest BCUT2D eigenvalue weighted by atomic mass is 32.2. The van der Waals surface area contributed by atoms with Crippen molar-refractivity contribution in [1.82, 2.24) is 14.9 Å². The van der Waals surface area contributed by atoms with Crippen molar-refractivity contribution in [3.8, 4) is 0 Å². The van der Waals surface area contributed by atoms with E-state index in [-0.39, 0.29) is 23.6 Å². The van der Waals surface area contributed by atoms with E-state index in [1.807, 2.05) is 0 Å². The maximum atomic E-state index is 13.1. The molecule has 2 atom stereocenters. The van der Waals surface area contributed by atoms with Crippen LogP contribution in [-0.4, -0.2) is 73.0 Å². The number of nitrogens with one attached hydrogen (secondary N) is 2. The summed E-state index contributed by atoms with van der Waals surface area (Å²) < 4.78 is 27.3. The number of carboxylic acids is 1. The molecular weight excluding hydrogens is 520 g/mol. The normalized spacial score (nSPS) is 18.3. The number of hydrogen-bond acceptors (Lipinski definition) is 7. The van der Waals surface area contributed by atoms with Gasteiger partial charge >= 0.3 is 5.97 Å². The van der Waals surface area contributed by atoms with Gasteiger partial charge in [0.1, 0.15) is 17.9 Å². The van der Waals surface area contributed by atoms with Crippen molar-refractivity contribution >= 4 is 33.5 Å². The number of amides is 1. The summed E-state index contributed by atoms with van der Waals surface area (Å²) in [5.41, 5.74) is 1.52. The van der Waals surface area contributed by atoms with Gasteiger partial charge in [-0.2, -0.15) is 4.31 Å². The fourth-order valence-electron chi connectivity index (χ4n) is 4.90. The van der Waals surface area contributed by atoms with Crippen LogP contribution in [0, 0.1) is 0 Å². The number of carbonyl (C=O) groups excluding carboxylic acids is 2. The Labute approximate surface area is 228 Å². The minimum Gasteiger partial charge on any atom is -0.480 e. The molecule has 1 amide bonds. The van der Waals surface area contributed by atoms with Gasteiger partial charge < -0.3 is 15.7 Å². The first kappa shape index (κ1) is 28.4. The molecule has 0 aromatic heterocycles. The molecule has 2 aromatic rings. The van der Waals surface area contributed by atoms with Gasteiger partial charge in [0, 0.05) is 38.8 Å². The zero-order valence-electron chi connectivity index (χ0n) is 21.7. The topological polar surface area (TPSA) is 145 Å². The molecule has 0 bridgehead atoms. The Morgan fingerprint density at radius 3 is 2.46 bits per heavy atom. The van der Waals surface area contributed by atoms with Crippen LogP contribution in [-0.2, 0) is 37.2 Å². The van der Waals surface area contributed by atoms with Crippen LogP contribution in [0.4, 0.5) is 0 Å². The van der Waals surface area contributed by atoms with Gasteiger partial charge in [-0.15, -0.1) is 0 Å². The molecule has 39 heavy (non-hydrogen) atoms. The lowest BCUT2D eigenvalue weighted by atomic mass is 10.0. The van der Waals surface area contributed by atoms with Crippen molar-refractivity contribution in [2.75, 3.05) is 19.6 Å². The average Bonchev–Trinajstić information content (AvgIpc) is 3.63. The van der Waals surface area contributed by atoms with E-state index in [2.05, 4.69) is 15.6 Å². The highest BCUT2D eigenvalue weighted by Crippen LogP contribution is 2.26. The molecular formula is C28H34N4O6S. The highest BCUT2D eigenvalue weighted by molar-refractivity contribution is 7.89. The minimum absolute atomic E-state index is 0.0303. The van der Waals surface area contributed by atoms with Gasteiger partial charge in [0.15, 0.2) is 0 Å². The fourth-order valence-corrected chi connectivity index (χ4v) is 6.58. The third-order valence-corrected chi connectivity index (χ3v) is 8.87. The SMILES string of the molecule is O=C(CCCC1=NCCN1)Cc1ccc(C[C@H](NC(=O)[C@@H]2CCCN2S(=O)(=O)c2ccccc2)C(=O)O)cc1. The average molecular weight is 555 g/mol. The molecule has 0 unspecified atom stereocenters. The number of carboxylic acid groups (broad SMARTS) is 1. The van der Waals surface area contributed by atoms with Gasteiger partial charge in [-0.05, 0) is 42.5 Å². The van der Waals surface area contributed by atoms with Crippen molar-refractivity contribution < 1.29 is 27.9 Å². The fraction of sp³-hybridized carbons (Fsp3) is 0.429. The molecule has 2 aliphatic heterocycles. The Bertz CT molecular complexity index is 1310. The van der Waals surface area contributed by atoms with E-state index >= 15 is 0 Å². The van der Waals surface area contributed by atoms with E-state index in [1.54, 1.807) is 42.5 Å². The molecule has 4 rings (SSSR count). The van der Waals surface area contributed by atoms with Crippen LogP contribution in [0.1, 0.15) is 43.2 Å². The number of benzene rings is 2. The van der Waals surface area contributed by atoms with E-state index in [0.29, 0.717) is 31.2 Å². The van der Waals surface area contributed by atoms with Gasteiger partial charge in [-0.1, -0.05) is 42.5 Å². The number of nitrogens with zero attached hydrogens (tertiary/aromatic N) is 2. The maximum absolute atomic E-state index is 13.1. The molecule has 3 N–H and O–H groups in total. The molecule has 0 radical (unpaired) electrons. The number of aliphatic imine (C=N–C) groups is 1. The summed E-state index contributed by atoms with van der Waals surface area (Å²) in [7, 11) is -3.88. The Morgan fingerprint density at radius 2 is 1.79 bits per heavy atom. The zero-order valence-corrected chi connectivity index (χ0v) is 22.5. The molecule has 10 nitrogen and oxygen atoms in total. The molecule has 2 aliphatic rings.